The number of nitrogens with zero attached hydrogens (tertiary/aromatic N) is 4. The molecule has 0 saturated heterocycles. The van der Waals surface area contributed by atoms with E-state index in [1.165, 1.54) is 6.07 Å². The number of sulfone groups is 1. The predicted octanol–water partition coefficient (Wildman–Crippen LogP) is 3.06. The van der Waals surface area contributed by atoms with E-state index in [1.807, 2.05) is 18.2 Å². The zero-order valence-corrected chi connectivity index (χ0v) is 21.5. The molecular formula is C28H16N4O4S2. The van der Waals surface area contributed by atoms with Crippen LogP contribution in [-0.4, -0.2) is 23.4 Å². The van der Waals surface area contributed by atoms with Gasteiger partial charge in [-0.05, 0) is 63.4 Å². The van der Waals surface area contributed by atoms with Crippen molar-refractivity contribution in [2.75, 3.05) is 6.26 Å². The predicted molar refractivity (Wildman–Crippen MR) is 141 cm³/mol. The molecule has 3 aromatic carbocycles. The third kappa shape index (κ3) is 3.64. The second-order valence-corrected chi connectivity index (χ2v) is 11.9. The lowest BCUT2D eigenvalue weighted by atomic mass is 9.89. The van der Waals surface area contributed by atoms with Gasteiger partial charge < -0.3 is 4.55 Å². The molecule has 0 saturated carbocycles. The summed E-state index contributed by atoms with van der Waals surface area (Å²) in [6, 6.07) is 14.0. The van der Waals surface area contributed by atoms with Crippen molar-refractivity contribution >= 4 is 32.3 Å². The van der Waals surface area contributed by atoms with Crippen LogP contribution in [0.5, 0.6) is 0 Å². The van der Waals surface area contributed by atoms with Crippen molar-refractivity contribution in [2.24, 2.45) is 0 Å². The van der Waals surface area contributed by atoms with Crippen LogP contribution in [0.2, 0.25) is 0 Å². The van der Waals surface area contributed by atoms with E-state index in [1.54, 1.807) is 24.3 Å². The summed E-state index contributed by atoms with van der Waals surface area (Å²) in [5.41, 5.74) is 4.31. The van der Waals surface area contributed by atoms with E-state index in [4.69, 9.17) is 13.1 Å². The first-order chi connectivity index (χ1) is 18.2. The fourth-order valence-electron chi connectivity index (χ4n) is 5.63. The van der Waals surface area contributed by atoms with Crippen LogP contribution in [0.25, 0.3) is 43.3 Å². The Morgan fingerprint density at radius 2 is 1.42 bits per heavy atom. The van der Waals surface area contributed by atoms with Gasteiger partial charge in [-0.15, -0.1) is 0 Å². The Labute approximate surface area is 221 Å². The van der Waals surface area contributed by atoms with Gasteiger partial charge in [-0.3, -0.25) is 0 Å². The van der Waals surface area contributed by atoms with Gasteiger partial charge >= 0.3 is 0 Å². The number of nitriles is 2. The van der Waals surface area contributed by atoms with Crippen LogP contribution >= 0.6 is 0 Å². The average molecular weight is 537 g/mol. The van der Waals surface area contributed by atoms with Crippen molar-refractivity contribution in [3.05, 3.63) is 97.5 Å². The maximum absolute atomic E-state index is 12.8. The summed E-state index contributed by atoms with van der Waals surface area (Å²) >= 11 is -2.17. The number of hydrogen-bond acceptors (Lipinski definition) is 5. The third-order valence-corrected chi connectivity index (χ3v) is 8.58. The molecule has 0 aromatic heterocycles. The summed E-state index contributed by atoms with van der Waals surface area (Å²) in [6.07, 6.45) is 1.51. The molecule has 8 nitrogen and oxygen atoms in total. The van der Waals surface area contributed by atoms with Crippen molar-refractivity contribution in [2.45, 2.75) is 23.5 Å². The average Bonchev–Trinajstić information content (AvgIpc) is 3.44. The summed E-state index contributed by atoms with van der Waals surface area (Å²) in [7, 11) is -3.72. The van der Waals surface area contributed by atoms with Crippen LogP contribution < -0.4 is 10.4 Å². The molecule has 38 heavy (non-hydrogen) atoms. The van der Waals surface area contributed by atoms with Gasteiger partial charge in [0.1, 0.15) is 0 Å². The Kier molecular flexibility index (Phi) is 5.98. The van der Waals surface area contributed by atoms with Crippen LogP contribution in [0.4, 0.5) is 0 Å². The molecule has 0 aliphatic heterocycles. The largest absolute Gasteiger partial charge is 0.306 e. The van der Waals surface area contributed by atoms with Gasteiger partial charge in [0, 0.05) is 22.3 Å². The van der Waals surface area contributed by atoms with Crippen LogP contribution in [0, 0.1) is 35.8 Å². The van der Waals surface area contributed by atoms with E-state index in [2.05, 4.69) is 9.69 Å². The highest BCUT2D eigenvalue weighted by atomic mass is 32.2. The molecule has 1 N–H and O–H groups in total. The highest BCUT2D eigenvalue weighted by molar-refractivity contribution is 7.90. The molecule has 1 unspecified atom stereocenters. The Morgan fingerprint density at radius 1 is 0.921 bits per heavy atom. The molecule has 10 heteroatoms. The molecule has 0 bridgehead atoms. The highest BCUT2D eigenvalue weighted by Crippen LogP contribution is 2.43. The van der Waals surface area contributed by atoms with Gasteiger partial charge in [-0.25, -0.2) is 32.8 Å². The second kappa shape index (κ2) is 9.06. The van der Waals surface area contributed by atoms with Crippen molar-refractivity contribution in [1.29, 1.82) is 10.5 Å². The van der Waals surface area contributed by atoms with Gasteiger partial charge in [-0.1, -0.05) is 30.3 Å². The summed E-state index contributed by atoms with van der Waals surface area (Å²) in [4.78, 5) is 7.01. The van der Waals surface area contributed by atoms with E-state index >= 15 is 0 Å². The van der Waals surface area contributed by atoms with Crippen molar-refractivity contribution < 1.29 is 17.2 Å². The van der Waals surface area contributed by atoms with Crippen molar-refractivity contribution in [3.63, 3.8) is 0 Å². The first-order valence-corrected chi connectivity index (χ1v) is 14.3. The SMILES string of the molecule is [C-]#[N+]/C(C#N)=c1/c2c(/c(=C(\C#N)[N+]#[C-])c3c1-c1c(cccc1CS(=O)O)C3)-c1c(cccc1S(C)(=O)=O)C2. The maximum Gasteiger partial charge on any atom is 0.269 e. The molecule has 1 atom stereocenters. The van der Waals surface area contributed by atoms with Gasteiger partial charge in [0.2, 0.25) is 0 Å². The van der Waals surface area contributed by atoms with Gasteiger partial charge in [-0.2, -0.15) is 0 Å². The third-order valence-electron chi connectivity index (χ3n) is 6.88. The molecule has 0 radical (unpaired) electrons. The van der Waals surface area contributed by atoms with Crippen LogP contribution in [0.3, 0.4) is 0 Å². The molecule has 2 aliphatic rings. The second-order valence-electron chi connectivity index (χ2n) is 8.93. The lowest BCUT2D eigenvalue weighted by Gasteiger charge is -2.16. The molecule has 184 valence electrons. The zero-order valence-electron chi connectivity index (χ0n) is 19.9. The fourth-order valence-corrected chi connectivity index (χ4v) is 7.06. The molecule has 2 aliphatic carbocycles. The van der Waals surface area contributed by atoms with Crippen LogP contribution in [0.1, 0.15) is 27.8 Å². The number of rotatable bonds is 3. The van der Waals surface area contributed by atoms with E-state index < -0.39 is 20.9 Å². The monoisotopic (exact) mass is 536 g/mol. The van der Waals surface area contributed by atoms with Gasteiger partial charge in [0.25, 0.3) is 11.4 Å². The minimum absolute atomic E-state index is 0.0383. The molecular weight excluding hydrogens is 520 g/mol. The summed E-state index contributed by atoms with van der Waals surface area (Å²) in [5, 5.41) is 20.6. The van der Waals surface area contributed by atoms with Gasteiger partial charge in [0.15, 0.2) is 20.9 Å². The number of fused-ring (bicyclic) bond motifs is 6. The van der Waals surface area contributed by atoms with E-state index in [9.17, 15) is 27.7 Å². The molecule has 5 rings (SSSR count). The summed E-state index contributed by atoms with van der Waals surface area (Å²) in [5.74, 6) is -0.190. The summed E-state index contributed by atoms with van der Waals surface area (Å²) in [6.45, 7) is 15.5. The van der Waals surface area contributed by atoms with E-state index in [0.29, 0.717) is 49.7 Å². The first kappa shape index (κ1) is 25.1. The quantitative estimate of drug-likeness (QED) is 0.279. The minimum Gasteiger partial charge on any atom is -0.306 e. The number of benzene rings is 3. The van der Waals surface area contributed by atoms with E-state index in [-0.39, 0.29) is 40.1 Å². The fraction of sp³-hybridized carbons (Fsp3) is 0.143. The Morgan fingerprint density at radius 3 is 1.89 bits per heavy atom. The molecule has 3 aromatic rings. The van der Waals surface area contributed by atoms with Gasteiger partial charge in [0.05, 0.1) is 35.9 Å². The highest BCUT2D eigenvalue weighted by Gasteiger charge is 2.35. The molecule has 0 fully saturated rings. The maximum atomic E-state index is 12.8. The van der Waals surface area contributed by atoms with Crippen LogP contribution in [-0.2, 0) is 39.5 Å². The topological polar surface area (TPSA) is 128 Å². The Bertz CT molecular complexity index is 2020. The van der Waals surface area contributed by atoms with Crippen LogP contribution in [0.15, 0.2) is 41.3 Å². The minimum atomic E-state index is -3.72. The summed E-state index contributed by atoms with van der Waals surface area (Å²) < 4.78 is 47.1. The van der Waals surface area contributed by atoms with Crippen molar-refractivity contribution in [3.8, 4) is 34.4 Å². The zero-order chi connectivity index (χ0) is 27.4. The molecule has 0 heterocycles. The normalized spacial score (nSPS) is 14.9. The molecule has 0 amide bonds. The molecule has 0 spiro atoms. The lowest BCUT2D eigenvalue weighted by molar-refractivity contribution is 0.563. The standard InChI is InChI=1S/C28H16N4O4S2/c1-31-20(12-29)25-19-11-16-7-5-9-22(38(3,35)36)24(16)28(19)26(21(13-30)32-2)18-10-15-6-4-8-17(14-37(33)34)23(15)27(18)25/h4-9H,10-11,14H2,3H3,(H,33,34)/b25-20-,26-21+. The lowest BCUT2D eigenvalue weighted by Crippen LogP contribution is -2.26. The number of hydrogen-bond donors (Lipinski definition) is 1. The smallest absolute Gasteiger partial charge is 0.269 e. The first-order valence-electron chi connectivity index (χ1n) is 11.2. The Balaban J connectivity index is 2.14. The van der Waals surface area contributed by atoms with E-state index in [0.717, 1.165) is 11.8 Å². The van der Waals surface area contributed by atoms with Crippen molar-refractivity contribution in [1.82, 2.24) is 0 Å². The Hall–Kier alpha value is -4.58.